The number of fused-ring (bicyclic) bond motifs is 1. The van der Waals surface area contributed by atoms with Crippen molar-refractivity contribution in [3.8, 4) is 0 Å². The molecule has 0 aliphatic carbocycles. The van der Waals surface area contributed by atoms with Crippen LogP contribution in [-0.2, 0) is 0 Å². The van der Waals surface area contributed by atoms with Crippen molar-refractivity contribution in [3.05, 3.63) is 53.4 Å². The lowest BCUT2D eigenvalue weighted by molar-refractivity contribution is 1.08. The van der Waals surface area contributed by atoms with Crippen LogP contribution in [0.5, 0.6) is 0 Å². The van der Waals surface area contributed by atoms with Gasteiger partial charge in [-0.05, 0) is 45.9 Å². The van der Waals surface area contributed by atoms with Crippen LogP contribution in [0.15, 0.2) is 63.4 Å². The third-order valence-electron chi connectivity index (χ3n) is 2.41. The minimum Gasteiger partial charge on any atom is -0.248 e. The Morgan fingerprint density at radius 3 is 2.67 bits per heavy atom. The van der Waals surface area contributed by atoms with E-state index in [2.05, 4.69) is 30.9 Å². The third kappa shape index (κ3) is 2.37. The number of halogens is 1. The first-order chi connectivity index (χ1) is 8.83. The summed E-state index contributed by atoms with van der Waals surface area (Å²) in [4.78, 5) is 12.9. The fraction of sp³-hybridized carbons (Fsp3) is 0. The van der Waals surface area contributed by atoms with Gasteiger partial charge >= 0.3 is 0 Å². The molecule has 5 heteroatoms. The molecule has 0 fully saturated rings. The Bertz CT molecular complexity index is 680. The number of para-hydroxylation sites is 1. The molecular weight excluding hydrogens is 310 g/mol. The highest BCUT2D eigenvalue weighted by atomic mass is 79.9. The van der Waals surface area contributed by atoms with Gasteiger partial charge in [0.15, 0.2) is 0 Å². The molecule has 0 atom stereocenters. The Morgan fingerprint density at radius 1 is 0.944 bits per heavy atom. The second-order valence-corrected chi connectivity index (χ2v) is 5.54. The minimum atomic E-state index is 0.919. The van der Waals surface area contributed by atoms with Gasteiger partial charge in [-0.2, -0.15) is 0 Å². The maximum atomic E-state index is 4.34. The molecule has 0 bridgehead atoms. The Balaban J connectivity index is 2.02. The van der Waals surface area contributed by atoms with E-state index < -0.39 is 0 Å². The van der Waals surface area contributed by atoms with Crippen molar-refractivity contribution in [3.63, 3.8) is 0 Å². The Morgan fingerprint density at radius 2 is 1.83 bits per heavy atom. The molecule has 2 heterocycles. The molecule has 0 spiro atoms. The number of rotatable bonds is 2. The number of pyridine rings is 1. The van der Waals surface area contributed by atoms with Gasteiger partial charge in [0.2, 0.25) is 0 Å². The Labute approximate surface area is 117 Å². The average molecular weight is 318 g/mol. The first-order valence-corrected chi connectivity index (χ1v) is 6.93. The summed E-state index contributed by atoms with van der Waals surface area (Å²) >= 11 is 4.92. The molecule has 3 nitrogen and oxygen atoms in total. The monoisotopic (exact) mass is 317 g/mol. The summed E-state index contributed by atoms with van der Waals surface area (Å²) < 4.78 is 0.972. The summed E-state index contributed by atoms with van der Waals surface area (Å²) in [5.41, 5.74) is 0.951. The van der Waals surface area contributed by atoms with Crippen molar-refractivity contribution in [1.29, 1.82) is 0 Å². The summed E-state index contributed by atoms with van der Waals surface area (Å²) in [6, 6.07) is 11.9. The van der Waals surface area contributed by atoms with Crippen LogP contribution in [0.1, 0.15) is 0 Å². The van der Waals surface area contributed by atoms with Gasteiger partial charge in [0.1, 0.15) is 16.4 Å². The lowest BCUT2D eigenvalue weighted by atomic mass is 10.2. The fourth-order valence-electron chi connectivity index (χ4n) is 1.58. The van der Waals surface area contributed by atoms with Crippen molar-refractivity contribution in [2.24, 2.45) is 0 Å². The quantitative estimate of drug-likeness (QED) is 0.671. The average Bonchev–Trinajstić information content (AvgIpc) is 2.42. The molecular formula is C13H8BrN3S. The van der Waals surface area contributed by atoms with Gasteiger partial charge < -0.3 is 0 Å². The van der Waals surface area contributed by atoms with E-state index in [1.165, 1.54) is 0 Å². The van der Waals surface area contributed by atoms with Gasteiger partial charge in [-0.3, -0.25) is 0 Å². The van der Waals surface area contributed by atoms with E-state index in [1.54, 1.807) is 24.3 Å². The smallest absolute Gasteiger partial charge is 0.117 e. The fourth-order valence-corrected chi connectivity index (χ4v) is 2.64. The van der Waals surface area contributed by atoms with Gasteiger partial charge in [-0.15, -0.1) is 0 Å². The topological polar surface area (TPSA) is 38.7 Å². The molecule has 88 valence electrons. The van der Waals surface area contributed by atoms with Gasteiger partial charge in [-0.25, -0.2) is 15.0 Å². The Kier molecular flexibility index (Phi) is 3.25. The lowest BCUT2D eigenvalue weighted by Gasteiger charge is -2.03. The molecule has 0 radical (unpaired) electrons. The summed E-state index contributed by atoms with van der Waals surface area (Å²) in [6.07, 6.45) is 3.37. The zero-order valence-corrected chi connectivity index (χ0v) is 11.6. The van der Waals surface area contributed by atoms with Crippen LogP contribution >= 0.6 is 27.7 Å². The van der Waals surface area contributed by atoms with E-state index in [1.807, 2.05) is 36.4 Å². The summed E-state index contributed by atoms with van der Waals surface area (Å²) in [5.74, 6) is 0. The predicted molar refractivity (Wildman–Crippen MR) is 75.6 cm³/mol. The van der Waals surface area contributed by atoms with E-state index in [0.29, 0.717) is 0 Å². The normalized spacial score (nSPS) is 10.7. The molecule has 0 amide bonds. The molecule has 2 aromatic heterocycles. The third-order valence-corrected chi connectivity index (χ3v) is 3.85. The van der Waals surface area contributed by atoms with Crippen molar-refractivity contribution >= 4 is 38.6 Å². The lowest BCUT2D eigenvalue weighted by Crippen LogP contribution is -1.87. The van der Waals surface area contributed by atoms with Crippen LogP contribution in [-0.4, -0.2) is 15.0 Å². The zero-order chi connectivity index (χ0) is 12.4. The molecule has 3 aromatic rings. The highest BCUT2D eigenvalue weighted by Gasteiger charge is 2.05. The first kappa shape index (κ1) is 11.6. The van der Waals surface area contributed by atoms with Crippen LogP contribution in [0, 0.1) is 0 Å². The predicted octanol–water partition coefficient (Wildman–Crippen LogP) is 3.94. The van der Waals surface area contributed by atoms with Crippen LogP contribution in [0.2, 0.25) is 0 Å². The Hall–Kier alpha value is -1.46. The minimum absolute atomic E-state index is 0.919. The number of hydrogen-bond donors (Lipinski definition) is 0. The molecule has 0 aliphatic rings. The molecule has 0 unspecified atom stereocenters. The zero-order valence-electron chi connectivity index (χ0n) is 9.25. The SMILES string of the molecule is Brc1ccc(Sc2ncnc3ccccc23)nc1. The highest BCUT2D eigenvalue weighted by Crippen LogP contribution is 2.29. The van der Waals surface area contributed by atoms with Crippen LogP contribution < -0.4 is 0 Å². The largest absolute Gasteiger partial charge is 0.248 e. The molecule has 0 N–H and O–H groups in total. The van der Waals surface area contributed by atoms with Crippen molar-refractivity contribution in [1.82, 2.24) is 15.0 Å². The van der Waals surface area contributed by atoms with Gasteiger partial charge in [0.05, 0.1) is 5.52 Å². The standard InChI is InChI=1S/C13H8BrN3S/c14-9-5-6-12(15-7-9)18-13-10-3-1-2-4-11(10)16-8-17-13/h1-8H. The van der Waals surface area contributed by atoms with Crippen molar-refractivity contribution in [2.45, 2.75) is 10.1 Å². The van der Waals surface area contributed by atoms with Crippen LogP contribution in [0.3, 0.4) is 0 Å². The number of aromatic nitrogens is 3. The van der Waals surface area contributed by atoms with E-state index in [0.717, 1.165) is 25.4 Å². The van der Waals surface area contributed by atoms with Crippen LogP contribution in [0.4, 0.5) is 0 Å². The summed E-state index contributed by atoms with van der Waals surface area (Å²) in [5, 5.41) is 2.90. The molecule has 3 rings (SSSR count). The van der Waals surface area contributed by atoms with E-state index >= 15 is 0 Å². The van der Waals surface area contributed by atoms with Crippen molar-refractivity contribution in [2.75, 3.05) is 0 Å². The van der Waals surface area contributed by atoms with Crippen LogP contribution in [0.25, 0.3) is 10.9 Å². The van der Waals surface area contributed by atoms with E-state index in [9.17, 15) is 0 Å². The molecule has 18 heavy (non-hydrogen) atoms. The van der Waals surface area contributed by atoms with E-state index in [-0.39, 0.29) is 0 Å². The molecule has 0 saturated heterocycles. The first-order valence-electron chi connectivity index (χ1n) is 5.32. The number of hydrogen-bond acceptors (Lipinski definition) is 4. The molecule has 1 aromatic carbocycles. The number of benzene rings is 1. The van der Waals surface area contributed by atoms with Gasteiger partial charge in [-0.1, -0.05) is 18.2 Å². The molecule has 0 saturated carbocycles. The van der Waals surface area contributed by atoms with E-state index in [4.69, 9.17) is 0 Å². The maximum Gasteiger partial charge on any atom is 0.117 e. The van der Waals surface area contributed by atoms with Crippen molar-refractivity contribution < 1.29 is 0 Å². The molecule has 0 aliphatic heterocycles. The highest BCUT2D eigenvalue weighted by molar-refractivity contribution is 9.10. The maximum absolute atomic E-state index is 4.34. The number of nitrogens with zero attached hydrogens (tertiary/aromatic N) is 3. The second-order valence-electron chi connectivity index (χ2n) is 3.61. The van der Waals surface area contributed by atoms with Gasteiger partial charge in [0, 0.05) is 16.1 Å². The summed E-state index contributed by atoms with van der Waals surface area (Å²) in [6.45, 7) is 0. The van der Waals surface area contributed by atoms with Gasteiger partial charge in [0.25, 0.3) is 0 Å². The second kappa shape index (κ2) is 5.04. The summed E-state index contributed by atoms with van der Waals surface area (Å²) in [7, 11) is 0.